The molecule has 1 aliphatic heterocycles. The van der Waals surface area contributed by atoms with E-state index in [-0.39, 0.29) is 12.0 Å². The van der Waals surface area contributed by atoms with E-state index in [1.54, 1.807) is 0 Å². The van der Waals surface area contributed by atoms with E-state index >= 15 is 0 Å². The molecular formula is C21H40O2. The van der Waals surface area contributed by atoms with Crippen LogP contribution < -0.4 is 0 Å². The molecule has 3 atom stereocenters. The standard InChI is InChI=1S/C21H40O2/c1-3-5-7-8-9-10-11-12-14-16-21-19(18-22)17-20(23-21)15-13-6-4-2/h18-21H,3-17H2,1-2H3/t19?,20-,21+/m1/s1. The summed E-state index contributed by atoms with van der Waals surface area (Å²) in [6.45, 7) is 4.50. The zero-order valence-corrected chi connectivity index (χ0v) is 15.7. The van der Waals surface area contributed by atoms with Crippen molar-refractivity contribution in [3.05, 3.63) is 0 Å². The zero-order valence-electron chi connectivity index (χ0n) is 15.7. The topological polar surface area (TPSA) is 26.3 Å². The van der Waals surface area contributed by atoms with E-state index in [1.165, 1.54) is 77.0 Å². The van der Waals surface area contributed by atoms with Crippen molar-refractivity contribution < 1.29 is 9.53 Å². The molecule has 1 fully saturated rings. The van der Waals surface area contributed by atoms with Crippen LogP contribution in [0.2, 0.25) is 0 Å². The number of hydrogen-bond acceptors (Lipinski definition) is 2. The summed E-state index contributed by atoms with van der Waals surface area (Å²) in [4.78, 5) is 11.3. The molecule has 136 valence electrons. The molecule has 0 amide bonds. The van der Waals surface area contributed by atoms with Gasteiger partial charge in [-0.2, -0.15) is 0 Å². The van der Waals surface area contributed by atoms with Crippen LogP contribution in [0.1, 0.15) is 110 Å². The lowest BCUT2D eigenvalue weighted by Gasteiger charge is -2.15. The average molecular weight is 325 g/mol. The molecule has 0 aromatic carbocycles. The van der Waals surface area contributed by atoms with Crippen LogP contribution in [0.4, 0.5) is 0 Å². The van der Waals surface area contributed by atoms with Crippen molar-refractivity contribution in [3.63, 3.8) is 0 Å². The number of unbranched alkanes of at least 4 members (excludes halogenated alkanes) is 10. The minimum atomic E-state index is 0.163. The third kappa shape index (κ3) is 9.49. The minimum absolute atomic E-state index is 0.163. The quantitative estimate of drug-likeness (QED) is 0.255. The van der Waals surface area contributed by atoms with Gasteiger partial charge in [0.2, 0.25) is 0 Å². The largest absolute Gasteiger partial charge is 0.374 e. The molecule has 1 rings (SSSR count). The molecule has 1 heterocycles. The first kappa shape index (κ1) is 20.7. The Hall–Kier alpha value is -0.370. The van der Waals surface area contributed by atoms with Crippen molar-refractivity contribution in [3.8, 4) is 0 Å². The van der Waals surface area contributed by atoms with Crippen LogP contribution >= 0.6 is 0 Å². The molecule has 1 unspecified atom stereocenters. The summed E-state index contributed by atoms with van der Waals surface area (Å²) < 4.78 is 6.15. The molecule has 0 N–H and O–H groups in total. The Morgan fingerprint density at radius 1 is 0.783 bits per heavy atom. The average Bonchev–Trinajstić information content (AvgIpc) is 2.96. The third-order valence-corrected chi connectivity index (χ3v) is 5.28. The fourth-order valence-corrected chi connectivity index (χ4v) is 3.75. The second-order valence-electron chi connectivity index (χ2n) is 7.45. The van der Waals surface area contributed by atoms with E-state index < -0.39 is 0 Å². The molecule has 2 nitrogen and oxygen atoms in total. The molecular weight excluding hydrogens is 284 g/mol. The van der Waals surface area contributed by atoms with Gasteiger partial charge in [-0.3, -0.25) is 0 Å². The summed E-state index contributed by atoms with van der Waals surface area (Å²) >= 11 is 0. The smallest absolute Gasteiger partial charge is 0.125 e. The van der Waals surface area contributed by atoms with Crippen LogP contribution in [0.15, 0.2) is 0 Å². The first-order valence-corrected chi connectivity index (χ1v) is 10.4. The van der Waals surface area contributed by atoms with Gasteiger partial charge in [-0.1, -0.05) is 90.9 Å². The minimum Gasteiger partial charge on any atom is -0.374 e. The predicted molar refractivity (Wildman–Crippen MR) is 98.8 cm³/mol. The van der Waals surface area contributed by atoms with Crippen LogP contribution in [-0.4, -0.2) is 18.5 Å². The van der Waals surface area contributed by atoms with Crippen molar-refractivity contribution in [2.75, 3.05) is 0 Å². The summed E-state index contributed by atoms with van der Waals surface area (Å²) in [7, 11) is 0. The van der Waals surface area contributed by atoms with Gasteiger partial charge in [-0.05, 0) is 19.3 Å². The second kappa shape index (κ2) is 14.0. The first-order chi connectivity index (χ1) is 11.3. The van der Waals surface area contributed by atoms with Gasteiger partial charge in [0.05, 0.1) is 12.2 Å². The molecule has 2 heteroatoms. The fourth-order valence-electron chi connectivity index (χ4n) is 3.75. The van der Waals surface area contributed by atoms with Crippen molar-refractivity contribution in [1.29, 1.82) is 0 Å². The van der Waals surface area contributed by atoms with Crippen molar-refractivity contribution in [2.24, 2.45) is 5.92 Å². The lowest BCUT2D eigenvalue weighted by atomic mass is 9.95. The number of carbonyl (C=O) groups excluding carboxylic acids is 1. The predicted octanol–water partition coefficient (Wildman–Crippen LogP) is 6.46. The maximum Gasteiger partial charge on any atom is 0.125 e. The third-order valence-electron chi connectivity index (χ3n) is 5.28. The fraction of sp³-hybridized carbons (Fsp3) is 0.952. The van der Waals surface area contributed by atoms with Gasteiger partial charge in [-0.25, -0.2) is 0 Å². The Bertz CT molecular complexity index is 277. The van der Waals surface area contributed by atoms with Gasteiger partial charge in [0.15, 0.2) is 0 Å². The highest BCUT2D eigenvalue weighted by atomic mass is 16.5. The van der Waals surface area contributed by atoms with Gasteiger partial charge in [0.1, 0.15) is 6.29 Å². The van der Waals surface area contributed by atoms with Crippen molar-refractivity contribution in [1.82, 2.24) is 0 Å². The summed E-state index contributed by atoms with van der Waals surface area (Å²) in [6.07, 6.45) is 20.9. The summed E-state index contributed by atoms with van der Waals surface area (Å²) in [5.41, 5.74) is 0. The number of aldehydes is 1. The van der Waals surface area contributed by atoms with Gasteiger partial charge >= 0.3 is 0 Å². The zero-order chi connectivity index (χ0) is 16.8. The van der Waals surface area contributed by atoms with E-state index in [2.05, 4.69) is 13.8 Å². The number of rotatable bonds is 15. The highest BCUT2D eigenvalue weighted by Crippen LogP contribution is 2.31. The molecule has 1 saturated heterocycles. The van der Waals surface area contributed by atoms with Crippen LogP contribution in [0.3, 0.4) is 0 Å². The number of hydrogen-bond donors (Lipinski definition) is 0. The Kier molecular flexibility index (Phi) is 12.6. The summed E-state index contributed by atoms with van der Waals surface area (Å²) in [5.74, 6) is 0.163. The summed E-state index contributed by atoms with van der Waals surface area (Å²) in [5, 5.41) is 0. The molecule has 23 heavy (non-hydrogen) atoms. The highest BCUT2D eigenvalue weighted by molar-refractivity contribution is 5.55. The lowest BCUT2D eigenvalue weighted by Crippen LogP contribution is -2.17. The van der Waals surface area contributed by atoms with Gasteiger partial charge in [-0.15, -0.1) is 0 Å². The van der Waals surface area contributed by atoms with Crippen molar-refractivity contribution >= 4 is 6.29 Å². The van der Waals surface area contributed by atoms with Crippen LogP contribution in [0.25, 0.3) is 0 Å². The molecule has 0 bridgehead atoms. The van der Waals surface area contributed by atoms with E-state index in [1.807, 2.05) is 0 Å². The lowest BCUT2D eigenvalue weighted by molar-refractivity contribution is -0.112. The molecule has 0 saturated carbocycles. The Morgan fingerprint density at radius 3 is 1.91 bits per heavy atom. The summed E-state index contributed by atoms with van der Waals surface area (Å²) in [6, 6.07) is 0. The Labute approximate surface area is 144 Å². The molecule has 0 radical (unpaired) electrons. The van der Waals surface area contributed by atoms with E-state index in [0.717, 1.165) is 25.5 Å². The first-order valence-electron chi connectivity index (χ1n) is 10.4. The molecule has 0 aliphatic carbocycles. The number of ether oxygens (including phenoxy) is 1. The van der Waals surface area contributed by atoms with Crippen LogP contribution in [0.5, 0.6) is 0 Å². The second-order valence-corrected chi connectivity index (χ2v) is 7.45. The Morgan fingerprint density at radius 2 is 1.30 bits per heavy atom. The maximum atomic E-state index is 11.3. The Balaban J connectivity index is 2.03. The normalized spacial score (nSPS) is 24.2. The van der Waals surface area contributed by atoms with E-state index in [9.17, 15) is 4.79 Å². The van der Waals surface area contributed by atoms with E-state index in [0.29, 0.717) is 6.10 Å². The van der Waals surface area contributed by atoms with E-state index in [4.69, 9.17) is 4.74 Å². The molecule has 0 aromatic rings. The SMILES string of the molecule is CCCCCCCCCCC[C@@H]1O[C@H](CCCCC)CC1C=O. The number of carbonyl (C=O) groups is 1. The molecule has 0 aromatic heterocycles. The van der Waals surface area contributed by atoms with Gasteiger partial charge < -0.3 is 9.53 Å². The van der Waals surface area contributed by atoms with Crippen LogP contribution in [0, 0.1) is 5.92 Å². The monoisotopic (exact) mass is 324 g/mol. The van der Waals surface area contributed by atoms with Gasteiger partial charge in [0.25, 0.3) is 0 Å². The molecule has 1 aliphatic rings. The maximum absolute atomic E-state index is 11.3. The van der Waals surface area contributed by atoms with Crippen LogP contribution in [-0.2, 0) is 9.53 Å². The molecule has 0 spiro atoms. The highest BCUT2D eigenvalue weighted by Gasteiger charge is 2.33. The van der Waals surface area contributed by atoms with Crippen molar-refractivity contribution in [2.45, 2.75) is 122 Å². The van der Waals surface area contributed by atoms with Gasteiger partial charge in [0, 0.05) is 5.92 Å².